The lowest BCUT2D eigenvalue weighted by Crippen LogP contribution is -2.02. The van der Waals surface area contributed by atoms with Crippen molar-refractivity contribution in [2.75, 3.05) is 7.05 Å². The van der Waals surface area contributed by atoms with E-state index in [2.05, 4.69) is 33.4 Å². The summed E-state index contributed by atoms with van der Waals surface area (Å²) in [5, 5.41) is 4.29. The first kappa shape index (κ1) is 13.4. The Morgan fingerprint density at radius 1 is 1.18 bits per heavy atom. The lowest BCUT2D eigenvalue weighted by atomic mass is 10.2. The van der Waals surface area contributed by atoms with E-state index in [9.17, 15) is 0 Å². The minimum Gasteiger partial charge on any atom is -0.315 e. The molecule has 1 heterocycles. The van der Waals surface area contributed by atoms with Gasteiger partial charge in [0.15, 0.2) is 0 Å². The van der Waals surface area contributed by atoms with Gasteiger partial charge in [-0.2, -0.15) is 0 Å². The van der Waals surface area contributed by atoms with Crippen molar-refractivity contribution in [1.82, 2.24) is 5.32 Å². The van der Waals surface area contributed by atoms with Gasteiger partial charge in [0.25, 0.3) is 0 Å². The van der Waals surface area contributed by atoms with Gasteiger partial charge in [0, 0.05) is 26.3 Å². The third-order valence-electron chi connectivity index (χ3n) is 2.31. The van der Waals surface area contributed by atoms with E-state index in [-0.39, 0.29) is 0 Å². The molecule has 0 unspecified atom stereocenters. The Morgan fingerprint density at radius 3 is 2.65 bits per heavy atom. The molecule has 0 amide bonds. The topological polar surface area (TPSA) is 12.0 Å². The Balaban J connectivity index is 2.42. The van der Waals surface area contributed by atoms with Gasteiger partial charge >= 0.3 is 0 Å². The number of benzene rings is 1. The van der Waals surface area contributed by atoms with Gasteiger partial charge in [0.2, 0.25) is 0 Å². The van der Waals surface area contributed by atoms with Gasteiger partial charge in [0.05, 0.1) is 10.0 Å². The van der Waals surface area contributed by atoms with Crippen LogP contribution in [0.2, 0.25) is 10.0 Å². The summed E-state index contributed by atoms with van der Waals surface area (Å²) in [4.78, 5) is 2.41. The third-order valence-corrected chi connectivity index (χ3v) is 5.20. The molecule has 0 bridgehead atoms. The highest BCUT2D eigenvalue weighted by molar-refractivity contribution is 9.10. The zero-order chi connectivity index (χ0) is 12.4. The molecule has 0 saturated carbocycles. The van der Waals surface area contributed by atoms with Gasteiger partial charge in [-0.3, -0.25) is 0 Å². The van der Waals surface area contributed by atoms with Crippen LogP contribution in [-0.4, -0.2) is 7.05 Å². The highest BCUT2D eigenvalue weighted by atomic mass is 79.9. The molecule has 0 aliphatic carbocycles. The van der Waals surface area contributed by atoms with Gasteiger partial charge in [-0.15, -0.1) is 11.3 Å². The molecule has 0 saturated heterocycles. The maximum absolute atomic E-state index is 6.25. The SMILES string of the molecule is CNCc1ccc(-c2ccc(Br)c(Cl)c2Cl)s1. The van der Waals surface area contributed by atoms with Gasteiger partial charge in [-0.1, -0.05) is 29.3 Å². The van der Waals surface area contributed by atoms with Crippen molar-refractivity contribution in [3.63, 3.8) is 0 Å². The molecule has 2 rings (SSSR count). The predicted octanol–water partition coefficient (Wildman–Crippen LogP) is 5.20. The van der Waals surface area contributed by atoms with Crippen LogP contribution in [0.5, 0.6) is 0 Å². The minimum absolute atomic E-state index is 0.563. The fraction of sp³-hybridized carbons (Fsp3) is 0.167. The van der Waals surface area contributed by atoms with Crippen molar-refractivity contribution in [3.8, 4) is 10.4 Å². The first-order valence-electron chi connectivity index (χ1n) is 5.00. The fourth-order valence-corrected chi connectivity index (χ4v) is 3.49. The molecule has 1 aromatic carbocycles. The van der Waals surface area contributed by atoms with Crippen LogP contribution in [0.3, 0.4) is 0 Å². The number of thiophene rings is 1. The molecule has 0 atom stereocenters. The van der Waals surface area contributed by atoms with Crippen LogP contribution < -0.4 is 5.32 Å². The van der Waals surface area contributed by atoms with Crippen LogP contribution in [0.1, 0.15) is 4.88 Å². The van der Waals surface area contributed by atoms with Gasteiger partial charge in [-0.05, 0) is 41.2 Å². The summed E-state index contributed by atoms with van der Waals surface area (Å²) in [7, 11) is 1.93. The largest absolute Gasteiger partial charge is 0.315 e. The molecule has 0 radical (unpaired) electrons. The summed E-state index contributed by atoms with van der Waals surface area (Å²) in [5.74, 6) is 0. The molecule has 5 heteroatoms. The standard InChI is InChI=1S/C12H10BrCl2NS/c1-16-6-7-2-5-10(17-7)8-3-4-9(13)12(15)11(8)14/h2-5,16H,6H2,1H3. The molecule has 0 fully saturated rings. The minimum atomic E-state index is 0.563. The van der Waals surface area contributed by atoms with Crippen molar-refractivity contribution in [1.29, 1.82) is 0 Å². The molecule has 17 heavy (non-hydrogen) atoms. The Morgan fingerprint density at radius 2 is 1.94 bits per heavy atom. The maximum atomic E-state index is 6.25. The predicted molar refractivity (Wildman–Crippen MR) is 80.2 cm³/mol. The summed E-state index contributed by atoms with van der Waals surface area (Å²) >= 11 is 17.4. The van der Waals surface area contributed by atoms with E-state index in [1.54, 1.807) is 11.3 Å². The molecule has 1 aromatic heterocycles. The van der Waals surface area contributed by atoms with E-state index in [0.29, 0.717) is 10.0 Å². The molecule has 1 N–H and O–H groups in total. The zero-order valence-corrected chi connectivity index (χ0v) is 13.0. The second kappa shape index (κ2) is 5.72. The van der Waals surface area contributed by atoms with Crippen molar-refractivity contribution < 1.29 is 0 Å². The Labute approximate surface area is 123 Å². The molecule has 0 aliphatic heterocycles. The molecule has 2 aromatic rings. The Hall–Kier alpha value is -0.0600. The van der Waals surface area contributed by atoms with Gasteiger partial charge in [0.1, 0.15) is 0 Å². The van der Waals surface area contributed by atoms with Crippen LogP contribution in [0, 0.1) is 0 Å². The molecule has 1 nitrogen and oxygen atoms in total. The van der Waals surface area contributed by atoms with E-state index < -0.39 is 0 Å². The second-order valence-electron chi connectivity index (χ2n) is 3.52. The van der Waals surface area contributed by atoms with Crippen LogP contribution in [0.15, 0.2) is 28.7 Å². The van der Waals surface area contributed by atoms with Crippen LogP contribution in [-0.2, 0) is 6.54 Å². The van der Waals surface area contributed by atoms with Crippen LogP contribution in [0.25, 0.3) is 10.4 Å². The Kier molecular flexibility index (Phi) is 4.50. The lowest BCUT2D eigenvalue weighted by Gasteiger charge is -2.05. The zero-order valence-electron chi connectivity index (χ0n) is 9.06. The van der Waals surface area contributed by atoms with Crippen LogP contribution in [0.4, 0.5) is 0 Å². The molecule has 0 aliphatic rings. The normalized spacial score (nSPS) is 10.8. The summed E-state index contributed by atoms with van der Waals surface area (Å²) < 4.78 is 0.819. The molecule has 90 valence electrons. The van der Waals surface area contributed by atoms with Gasteiger partial charge in [-0.25, -0.2) is 0 Å². The fourth-order valence-electron chi connectivity index (χ4n) is 1.51. The summed E-state index contributed by atoms with van der Waals surface area (Å²) in [5.41, 5.74) is 0.979. The number of hydrogen-bond donors (Lipinski definition) is 1. The van der Waals surface area contributed by atoms with E-state index in [0.717, 1.165) is 21.5 Å². The second-order valence-corrected chi connectivity index (χ2v) is 6.30. The average Bonchev–Trinajstić information content (AvgIpc) is 2.75. The number of rotatable bonds is 3. The lowest BCUT2D eigenvalue weighted by molar-refractivity contribution is 0.831. The first-order chi connectivity index (χ1) is 8.13. The molecule has 0 spiro atoms. The molecular formula is C12H10BrCl2NS. The summed E-state index contributed by atoms with van der Waals surface area (Å²) in [6.45, 7) is 0.868. The first-order valence-corrected chi connectivity index (χ1v) is 7.37. The summed E-state index contributed by atoms with van der Waals surface area (Å²) in [6, 6.07) is 8.07. The highest BCUT2D eigenvalue weighted by Crippen LogP contribution is 2.40. The monoisotopic (exact) mass is 349 g/mol. The summed E-state index contributed by atoms with van der Waals surface area (Å²) in [6.07, 6.45) is 0. The Bertz CT molecular complexity index is 539. The number of hydrogen-bond acceptors (Lipinski definition) is 2. The van der Waals surface area contributed by atoms with E-state index >= 15 is 0 Å². The third kappa shape index (κ3) is 2.85. The average molecular weight is 351 g/mol. The number of halogens is 3. The van der Waals surface area contributed by atoms with E-state index in [1.165, 1.54) is 4.88 Å². The quantitative estimate of drug-likeness (QED) is 0.750. The maximum Gasteiger partial charge on any atom is 0.0740 e. The van der Waals surface area contributed by atoms with E-state index in [1.807, 2.05) is 19.2 Å². The number of nitrogens with one attached hydrogen (secondary N) is 1. The molecular weight excluding hydrogens is 341 g/mol. The smallest absolute Gasteiger partial charge is 0.0740 e. The van der Waals surface area contributed by atoms with Gasteiger partial charge < -0.3 is 5.32 Å². The van der Waals surface area contributed by atoms with Crippen molar-refractivity contribution in [2.45, 2.75) is 6.54 Å². The van der Waals surface area contributed by atoms with Crippen LogP contribution >= 0.6 is 50.5 Å². The van der Waals surface area contributed by atoms with Crippen molar-refractivity contribution >= 4 is 50.5 Å². The van der Waals surface area contributed by atoms with E-state index in [4.69, 9.17) is 23.2 Å². The van der Waals surface area contributed by atoms with Crippen molar-refractivity contribution in [2.24, 2.45) is 0 Å². The highest BCUT2D eigenvalue weighted by Gasteiger charge is 2.11. The van der Waals surface area contributed by atoms with Crippen molar-refractivity contribution in [3.05, 3.63) is 43.7 Å².